The molecule has 1 atom stereocenters. The van der Waals surface area contributed by atoms with Crippen LogP contribution in [0.4, 0.5) is 5.82 Å². The average molecular weight is 412 g/mol. The molecule has 1 unspecified atom stereocenters. The summed E-state index contributed by atoms with van der Waals surface area (Å²) in [7, 11) is 1.27. The Bertz CT molecular complexity index is 988. The molecular weight excluding hydrogens is 394 g/mol. The minimum atomic E-state index is -0.834. The monoisotopic (exact) mass is 411 g/mol. The van der Waals surface area contributed by atoms with Gasteiger partial charge < -0.3 is 14.5 Å². The van der Waals surface area contributed by atoms with Crippen LogP contribution < -0.4 is 4.90 Å². The predicted octanol–water partition coefficient (Wildman–Crippen LogP) is 1.91. The zero-order valence-corrected chi connectivity index (χ0v) is 16.4. The van der Waals surface area contributed by atoms with Crippen molar-refractivity contribution < 1.29 is 14.3 Å². The highest BCUT2D eigenvalue weighted by Crippen LogP contribution is 2.21. The average Bonchev–Trinajstić information content (AvgIpc) is 2.76. The number of piperazine rings is 1. The Morgan fingerprint density at radius 3 is 2.83 bits per heavy atom. The first-order chi connectivity index (χ1) is 14.0. The topological polar surface area (TPSA) is 99.4 Å². The number of anilines is 1. The molecule has 1 fully saturated rings. The molecule has 1 aromatic heterocycles. The number of aromatic nitrogens is 2. The highest BCUT2D eigenvalue weighted by Gasteiger charge is 2.36. The van der Waals surface area contributed by atoms with Crippen molar-refractivity contribution in [2.24, 2.45) is 0 Å². The maximum absolute atomic E-state index is 12.8. The molecule has 0 N–H and O–H groups in total. The van der Waals surface area contributed by atoms with Crippen LogP contribution in [0.3, 0.4) is 0 Å². The third kappa shape index (κ3) is 4.70. The first kappa shape index (κ1) is 20.3. The highest BCUT2D eigenvalue weighted by atomic mass is 35.5. The minimum Gasteiger partial charge on any atom is -0.467 e. The summed E-state index contributed by atoms with van der Waals surface area (Å²) in [4.78, 5) is 36.5. The molecule has 0 bridgehead atoms. The fourth-order valence-corrected chi connectivity index (χ4v) is 3.29. The van der Waals surface area contributed by atoms with E-state index in [0.717, 1.165) is 5.56 Å². The lowest BCUT2D eigenvalue weighted by Crippen LogP contribution is -2.58. The third-order valence-electron chi connectivity index (χ3n) is 4.49. The molecule has 148 valence electrons. The van der Waals surface area contributed by atoms with Crippen LogP contribution in [0.2, 0.25) is 5.02 Å². The van der Waals surface area contributed by atoms with Crippen molar-refractivity contribution in [1.82, 2.24) is 14.9 Å². The molecule has 8 nitrogen and oxygen atoms in total. The van der Waals surface area contributed by atoms with Gasteiger partial charge in [0.15, 0.2) is 11.5 Å². The number of halogens is 1. The van der Waals surface area contributed by atoms with E-state index in [1.54, 1.807) is 29.2 Å². The van der Waals surface area contributed by atoms with E-state index in [1.165, 1.54) is 30.5 Å². The van der Waals surface area contributed by atoms with Crippen molar-refractivity contribution in [3.63, 3.8) is 0 Å². The molecule has 9 heteroatoms. The van der Waals surface area contributed by atoms with E-state index >= 15 is 0 Å². The maximum atomic E-state index is 12.8. The molecule has 2 aromatic rings. The number of amides is 1. The van der Waals surface area contributed by atoms with Gasteiger partial charge in [-0.15, -0.1) is 0 Å². The Kier molecular flexibility index (Phi) is 6.42. The number of rotatable bonds is 4. The van der Waals surface area contributed by atoms with Crippen molar-refractivity contribution in [1.29, 1.82) is 5.26 Å². The summed E-state index contributed by atoms with van der Waals surface area (Å²) in [5, 5.41) is 9.82. The summed E-state index contributed by atoms with van der Waals surface area (Å²) in [6, 6.07) is 8.25. The van der Waals surface area contributed by atoms with Crippen LogP contribution in [0.25, 0.3) is 6.08 Å². The summed E-state index contributed by atoms with van der Waals surface area (Å²) in [6.45, 7) is 0.814. The number of carbonyl (C=O) groups is 2. The molecule has 29 heavy (non-hydrogen) atoms. The van der Waals surface area contributed by atoms with Gasteiger partial charge in [0.25, 0.3) is 0 Å². The van der Waals surface area contributed by atoms with E-state index < -0.39 is 12.0 Å². The van der Waals surface area contributed by atoms with Gasteiger partial charge in [-0.05, 0) is 23.8 Å². The fraction of sp³-hybridized carbons (Fsp3) is 0.250. The highest BCUT2D eigenvalue weighted by molar-refractivity contribution is 6.30. The van der Waals surface area contributed by atoms with Gasteiger partial charge in [-0.1, -0.05) is 23.7 Å². The largest absolute Gasteiger partial charge is 0.467 e. The summed E-state index contributed by atoms with van der Waals surface area (Å²) < 4.78 is 4.89. The third-order valence-corrected chi connectivity index (χ3v) is 4.72. The van der Waals surface area contributed by atoms with E-state index in [9.17, 15) is 14.9 Å². The second-order valence-electron chi connectivity index (χ2n) is 6.25. The normalized spacial score (nSPS) is 16.5. The van der Waals surface area contributed by atoms with Gasteiger partial charge in [0.05, 0.1) is 13.7 Å². The summed E-state index contributed by atoms with van der Waals surface area (Å²) >= 11 is 5.96. The molecule has 0 spiro atoms. The second kappa shape index (κ2) is 9.17. The van der Waals surface area contributed by atoms with Crippen molar-refractivity contribution >= 4 is 35.4 Å². The van der Waals surface area contributed by atoms with Gasteiger partial charge in [-0.3, -0.25) is 4.79 Å². The van der Waals surface area contributed by atoms with Crippen LogP contribution in [0.1, 0.15) is 11.3 Å². The molecular formula is C20H18ClN5O3. The number of hydrogen-bond donors (Lipinski definition) is 0. The minimum absolute atomic E-state index is 0.150. The van der Waals surface area contributed by atoms with Crippen LogP contribution in [0, 0.1) is 11.3 Å². The molecule has 0 saturated carbocycles. The van der Waals surface area contributed by atoms with Crippen molar-refractivity contribution in [3.8, 4) is 6.07 Å². The Labute approximate surface area is 173 Å². The molecule has 0 aliphatic carbocycles. The zero-order valence-electron chi connectivity index (χ0n) is 15.7. The van der Waals surface area contributed by atoms with Crippen LogP contribution in [0.5, 0.6) is 0 Å². The Morgan fingerprint density at radius 2 is 2.10 bits per heavy atom. The molecule has 1 aromatic carbocycles. The van der Waals surface area contributed by atoms with Gasteiger partial charge in [-0.25, -0.2) is 14.8 Å². The second-order valence-corrected chi connectivity index (χ2v) is 6.68. The van der Waals surface area contributed by atoms with Gasteiger partial charge >= 0.3 is 5.97 Å². The fourth-order valence-electron chi connectivity index (χ4n) is 3.09. The Morgan fingerprint density at radius 1 is 1.31 bits per heavy atom. The maximum Gasteiger partial charge on any atom is 0.330 e. The summed E-state index contributed by atoms with van der Waals surface area (Å²) in [6.07, 6.45) is 5.96. The van der Waals surface area contributed by atoms with Crippen molar-refractivity contribution in [2.75, 3.05) is 31.6 Å². The van der Waals surface area contributed by atoms with Gasteiger partial charge in [0.2, 0.25) is 5.91 Å². The van der Waals surface area contributed by atoms with Gasteiger partial charge in [0, 0.05) is 36.6 Å². The van der Waals surface area contributed by atoms with Crippen molar-refractivity contribution in [2.45, 2.75) is 6.04 Å². The number of methoxy groups -OCH3 is 1. The van der Waals surface area contributed by atoms with Crippen LogP contribution in [-0.2, 0) is 14.3 Å². The SMILES string of the molecule is COC(=O)C1CN(c2nccnc2C#N)CCN1C(=O)/C=C/c1cccc(Cl)c1. The lowest BCUT2D eigenvalue weighted by molar-refractivity contribution is -0.151. The number of hydrogen-bond acceptors (Lipinski definition) is 7. The molecule has 0 radical (unpaired) electrons. The number of ether oxygens (including phenoxy) is 1. The Hall–Kier alpha value is -3.44. The number of nitriles is 1. The van der Waals surface area contributed by atoms with Crippen LogP contribution in [-0.4, -0.2) is 59.5 Å². The number of esters is 1. The van der Waals surface area contributed by atoms with E-state index in [-0.39, 0.29) is 24.7 Å². The lowest BCUT2D eigenvalue weighted by Gasteiger charge is -2.39. The zero-order chi connectivity index (χ0) is 20.8. The standard InChI is InChI=1S/C20H18ClN5O3/c1-29-20(28)17-13-25(19-16(12-22)23-7-8-24-19)9-10-26(17)18(27)6-5-14-3-2-4-15(21)11-14/h2-8,11,17H,9-10,13H2,1H3/b6-5+. The summed E-state index contributed by atoms with van der Waals surface area (Å²) in [5.74, 6) is -0.480. The number of nitrogens with zero attached hydrogens (tertiary/aromatic N) is 5. The quantitative estimate of drug-likeness (QED) is 0.559. The number of carbonyl (C=O) groups excluding carboxylic acids is 2. The van der Waals surface area contributed by atoms with Gasteiger partial charge in [0.1, 0.15) is 12.1 Å². The van der Waals surface area contributed by atoms with E-state index in [4.69, 9.17) is 16.3 Å². The van der Waals surface area contributed by atoms with E-state index in [0.29, 0.717) is 17.4 Å². The molecule has 1 saturated heterocycles. The van der Waals surface area contributed by atoms with E-state index in [2.05, 4.69) is 9.97 Å². The van der Waals surface area contributed by atoms with Crippen molar-refractivity contribution in [3.05, 3.63) is 59.0 Å². The first-order valence-electron chi connectivity index (χ1n) is 8.81. The molecule has 1 aliphatic heterocycles. The lowest BCUT2D eigenvalue weighted by atomic mass is 10.1. The van der Waals surface area contributed by atoms with Crippen LogP contribution >= 0.6 is 11.6 Å². The number of benzene rings is 1. The Balaban J connectivity index is 1.80. The van der Waals surface area contributed by atoms with Gasteiger partial charge in [-0.2, -0.15) is 5.26 Å². The van der Waals surface area contributed by atoms with Crippen LogP contribution in [0.15, 0.2) is 42.7 Å². The molecule has 3 rings (SSSR count). The predicted molar refractivity (Wildman–Crippen MR) is 107 cm³/mol. The smallest absolute Gasteiger partial charge is 0.330 e. The summed E-state index contributed by atoms with van der Waals surface area (Å²) in [5.41, 5.74) is 0.939. The molecule has 1 amide bonds. The molecule has 2 heterocycles. The van der Waals surface area contributed by atoms with E-state index in [1.807, 2.05) is 12.1 Å². The molecule has 1 aliphatic rings. The first-order valence-corrected chi connectivity index (χ1v) is 9.19.